The molecule has 0 fully saturated rings. The summed E-state index contributed by atoms with van der Waals surface area (Å²) in [5.74, 6) is 2.29. The Labute approximate surface area is 52.3 Å². The first kappa shape index (κ1) is 2.36. The van der Waals surface area contributed by atoms with Gasteiger partial charge in [0.25, 0.3) is 0 Å². The van der Waals surface area contributed by atoms with Crippen LogP contribution in [0.5, 0.6) is 0 Å². The van der Waals surface area contributed by atoms with Crippen molar-refractivity contribution in [3.05, 3.63) is 18.0 Å². The molecule has 0 bridgehead atoms. The topological polar surface area (TPSA) is 17.8 Å². The molecule has 2 heteroatoms. The van der Waals surface area contributed by atoms with E-state index in [0.717, 1.165) is 4.68 Å². The summed E-state index contributed by atoms with van der Waals surface area (Å²) in [7, 11) is 0. The van der Waals surface area contributed by atoms with Crippen molar-refractivity contribution in [2.24, 2.45) is 6.98 Å². The summed E-state index contributed by atoms with van der Waals surface area (Å²) < 4.78 is 21.6. The Balaban J connectivity index is 3.01. The van der Waals surface area contributed by atoms with E-state index in [0.29, 0.717) is 5.56 Å². The lowest BCUT2D eigenvalue weighted by Crippen LogP contribution is -1.83. The summed E-state index contributed by atoms with van der Waals surface area (Å²) in [5, 5.41) is 3.57. The van der Waals surface area contributed by atoms with Gasteiger partial charge in [-0.25, -0.2) is 0 Å². The minimum absolute atomic E-state index is 0.473. The molecular formula is C6H6N2. The van der Waals surface area contributed by atoms with Gasteiger partial charge in [-0.05, 0) is 0 Å². The van der Waals surface area contributed by atoms with Crippen LogP contribution in [0.1, 0.15) is 9.68 Å². The summed E-state index contributed by atoms with van der Waals surface area (Å²) >= 11 is 0. The Morgan fingerprint density at radius 2 is 3.00 bits per heavy atom. The molecule has 40 valence electrons. The van der Waals surface area contributed by atoms with Gasteiger partial charge in [0.1, 0.15) is 0 Å². The van der Waals surface area contributed by atoms with Gasteiger partial charge in [-0.15, -0.1) is 6.42 Å². The number of rotatable bonds is 0. The zero-order valence-electron chi connectivity index (χ0n) is 7.13. The lowest BCUT2D eigenvalue weighted by atomic mass is 10.4. The van der Waals surface area contributed by atoms with Gasteiger partial charge in [-0.1, -0.05) is 5.92 Å². The molecule has 0 radical (unpaired) electrons. The molecule has 1 aromatic heterocycles. The van der Waals surface area contributed by atoms with E-state index in [2.05, 4.69) is 11.0 Å². The van der Waals surface area contributed by atoms with Gasteiger partial charge in [0, 0.05) is 17.3 Å². The number of terminal acetylenes is 1. The van der Waals surface area contributed by atoms with Crippen LogP contribution in [0.25, 0.3) is 0 Å². The lowest BCUT2D eigenvalue weighted by molar-refractivity contribution is 0.767. The van der Waals surface area contributed by atoms with Gasteiger partial charge < -0.3 is 0 Å². The smallest absolute Gasteiger partial charge is 0.0646 e. The molecule has 0 atom stereocenters. The standard InChI is InChI=1S/C6H6N2/c1-3-6-4-7-8(2)5-6/h1,4-5H,2H3/i2D3. The second kappa shape index (κ2) is 1.71. The number of hydrogen-bond acceptors (Lipinski definition) is 1. The van der Waals surface area contributed by atoms with E-state index in [4.69, 9.17) is 10.5 Å². The van der Waals surface area contributed by atoms with Crippen molar-refractivity contribution in [1.82, 2.24) is 9.78 Å². The summed E-state index contributed by atoms with van der Waals surface area (Å²) in [6.45, 7) is -2.23. The molecule has 2 nitrogen and oxygen atoms in total. The van der Waals surface area contributed by atoms with Crippen LogP contribution in [-0.2, 0) is 6.98 Å². The van der Waals surface area contributed by atoms with E-state index < -0.39 is 6.98 Å². The van der Waals surface area contributed by atoms with Gasteiger partial charge in [0.05, 0.1) is 11.8 Å². The average molecular weight is 109 g/mol. The average Bonchev–Trinajstić information content (AvgIpc) is 2.32. The maximum absolute atomic E-state index is 6.93. The summed E-state index contributed by atoms with van der Waals surface area (Å²) in [6, 6.07) is 0. The third-order valence-electron chi connectivity index (χ3n) is 0.749. The normalized spacial score (nSPS) is 15.6. The van der Waals surface area contributed by atoms with Gasteiger partial charge in [-0.3, -0.25) is 4.68 Å². The first-order valence-corrected chi connectivity index (χ1v) is 2.06. The molecule has 0 aromatic carbocycles. The van der Waals surface area contributed by atoms with Gasteiger partial charge in [0.2, 0.25) is 0 Å². The maximum atomic E-state index is 6.93. The molecule has 1 rings (SSSR count). The Hall–Kier alpha value is -1.23. The zero-order valence-corrected chi connectivity index (χ0v) is 4.13. The molecule has 0 amide bonds. The quantitative estimate of drug-likeness (QED) is 0.441. The van der Waals surface area contributed by atoms with Crippen LogP contribution in [-0.4, -0.2) is 9.78 Å². The molecule has 0 aliphatic heterocycles. The molecule has 0 saturated carbocycles. The molecule has 0 aliphatic carbocycles. The Kier molecular flexibility index (Phi) is 0.504. The fourth-order valence-corrected chi connectivity index (χ4v) is 0.397. The Morgan fingerprint density at radius 1 is 2.12 bits per heavy atom. The zero-order chi connectivity index (χ0) is 8.48. The van der Waals surface area contributed by atoms with Crippen molar-refractivity contribution in [1.29, 1.82) is 0 Å². The highest BCUT2D eigenvalue weighted by Gasteiger charge is 1.85. The van der Waals surface area contributed by atoms with Crippen LogP contribution in [0.2, 0.25) is 0 Å². The van der Waals surface area contributed by atoms with Crippen molar-refractivity contribution >= 4 is 0 Å². The van der Waals surface area contributed by atoms with Gasteiger partial charge in [0.15, 0.2) is 0 Å². The molecule has 0 saturated heterocycles. The van der Waals surface area contributed by atoms with E-state index in [1.807, 2.05) is 0 Å². The number of hydrogen-bond donors (Lipinski definition) is 0. The molecule has 8 heavy (non-hydrogen) atoms. The lowest BCUT2D eigenvalue weighted by Gasteiger charge is -1.78. The van der Waals surface area contributed by atoms with Crippen molar-refractivity contribution in [2.45, 2.75) is 0 Å². The fourth-order valence-electron chi connectivity index (χ4n) is 0.397. The maximum Gasteiger partial charge on any atom is 0.0646 e. The molecule has 0 aliphatic rings. The van der Waals surface area contributed by atoms with Crippen LogP contribution in [0.3, 0.4) is 0 Å². The third kappa shape index (κ3) is 0.710. The minimum Gasteiger partial charge on any atom is -0.275 e. The van der Waals surface area contributed by atoms with E-state index in [-0.39, 0.29) is 0 Å². The number of aryl methyl sites for hydroxylation is 1. The SMILES string of the molecule is [2H]C([2H])([2H])n1cc(C#C)cn1. The highest BCUT2D eigenvalue weighted by Crippen LogP contribution is 1.89. The first-order valence-electron chi connectivity index (χ1n) is 3.56. The highest BCUT2D eigenvalue weighted by molar-refractivity contribution is 5.25. The van der Waals surface area contributed by atoms with Crippen molar-refractivity contribution in [3.8, 4) is 12.3 Å². The van der Waals surface area contributed by atoms with Crippen molar-refractivity contribution in [3.63, 3.8) is 0 Å². The van der Waals surface area contributed by atoms with Gasteiger partial charge >= 0.3 is 0 Å². The second-order valence-electron chi connectivity index (χ2n) is 1.32. The van der Waals surface area contributed by atoms with E-state index >= 15 is 0 Å². The Bertz CT molecular complexity index is 292. The van der Waals surface area contributed by atoms with Crippen LogP contribution >= 0.6 is 0 Å². The van der Waals surface area contributed by atoms with Crippen molar-refractivity contribution in [2.75, 3.05) is 0 Å². The molecular weight excluding hydrogens is 100 g/mol. The predicted molar refractivity (Wildman–Crippen MR) is 31.1 cm³/mol. The van der Waals surface area contributed by atoms with E-state index in [1.54, 1.807) is 0 Å². The molecule has 0 spiro atoms. The number of aromatic nitrogens is 2. The summed E-state index contributed by atoms with van der Waals surface area (Å²) in [5.41, 5.74) is 0.473. The second-order valence-corrected chi connectivity index (χ2v) is 1.32. The molecule has 0 N–H and O–H groups in total. The molecule has 1 heterocycles. The fraction of sp³-hybridized carbons (Fsp3) is 0.167. The summed E-state index contributed by atoms with van der Waals surface area (Å²) in [4.78, 5) is 0. The van der Waals surface area contributed by atoms with Crippen LogP contribution in [0.15, 0.2) is 12.4 Å². The van der Waals surface area contributed by atoms with E-state index in [9.17, 15) is 0 Å². The van der Waals surface area contributed by atoms with Crippen LogP contribution < -0.4 is 0 Å². The minimum atomic E-state index is -2.23. The van der Waals surface area contributed by atoms with E-state index in [1.165, 1.54) is 12.4 Å². The molecule has 0 unspecified atom stereocenters. The highest BCUT2D eigenvalue weighted by atomic mass is 15.2. The van der Waals surface area contributed by atoms with Gasteiger partial charge in [-0.2, -0.15) is 5.10 Å². The summed E-state index contributed by atoms with van der Waals surface area (Å²) in [6.07, 6.45) is 7.67. The third-order valence-corrected chi connectivity index (χ3v) is 0.749. The van der Waals surface area contributed by atoms with Crippen molar-refractivity contribution < 1.29 is 4.11 Å². The number of nitrogens with zero attached hydrogens (tertiary/aromatic N) is 2. The predicted octanol–water partition coefficient (Wildman–Crippen LogP) is 0.401. The largest absolute Gasteiger partial charge is 0.275 e. The first-order chi connectivity index (χ1) is 5.04. The van der Waals surface area contributed by atoms with Crippen LogP contribution in [0.4, 0.5) is 0 Å². The molecule has 1 aromatic rings. The Morgan fingerprint density at radius 3 is 3.38 bits per heavy atom. The monoisotopic (exact) mass is 109 g/mol. The van der Waals surface area contributed by atoms with Crippen LogP contribution in [0, 0.1) is 12.3 Å².